The number of nitrogens with zero attached hydrogens (tertiary/aromatic N) is 1. The second-order valence-electron chi connectivity index (χ2n) is 6.52. The topological polar surface area (TPSA) is 65.9 Å². The van der Waals surface area contributed by atoms with Crippen LogP contribution in [0.1, 0.15) is 16.5 Å². The number of nitrogens with one attached hydrogen (secondary N) is 2. The molecule has 1 aromatic heterocycles. The van der Waals surface area contributed by atoms with Crippen molar-refractivity contribution in [1.82, 2.24) is 10.6 Å². The van der Waals surface area contributed by atoms with E-state index in [0.29, 0.717) is 11.5 Å². The summed E-state index contributed by atoms with van der Waals surface area (Å²) in [6.07, 6.45) is -5.12. The first-order valence-corrected chi connectivity index (χ1v) is 10.1. The van der Waals surface area contributed by atoms with Gasteiger partial charge >= 0.3 is 6.18 Å². The molecule has 0 spiro atoms. The summed E-state index contributed by atoms with van der Waals surface area (Å²) in [5, 5.41) is 17.6. The van der Waals surface area contributed by atoms with Crippen LogP contribution in [0.4, 0.5) is 13.2 Å². The number of fused-ring (bicyclic) bond motifs is 1. The monoisotopic (exact) mass is 437 g/mol. The number of hydrogen-bond donors (Lipinski definition) is 3. The molecule has 0 saturated carbocycles. The molecule has 0 radical (unpaired) electrons. The summed E-state index contributed by atoms with van der Waals surface area (Å²) >= 11 is 1.53. The van der Waals surface area contributed by atoms with Crippen LogP contribution in [0.2, 0.25) is 0 Å². The third-order valence-corrected chi connectivity index (χ3v) is 5.49. The Bertz CT molecular complexity index is 971. The van der Waals surface area contributed by atoms with Gasteiger partial charge in [0.2, 0.25) is 0 Å². The number of hydrogen-bond acceptors (Lipinski definition) is 4. The van der Waals surface area contributed by atoms with Crippen LogP contribution in [0, 0.1) is 0 Å². The highest BCUT2D eigenvalue weighted by Crippen LogP contribution is 2.29. The van der Waals surface area contributed by atoms with Crippen molar-refractivity contribution in [2.24, 2.45) is 4.99 Å². The van der Waals surface area contributed by atoms with Crippen LogP contribution in [-0.4, -0.2) is 37.4 Å². The average Bonchev–Trinajstić information content (AvgIpc) is 3.16. The summed E-state index contributed by atoms with van der Waals surface area (Å²) in [7, 11) is 1.58. The van der Waals surface area contributed by atoms with Crippen molar-refractivity contribution in [1.29, 1.82) is 0 Å². The van der Waals surface area contributed by atoms with Gasteiger partial charge in [-0.3, -0.25) is 4.99 Å². The summed E-state index contributed by atoms with van der Waals surface area (Å²) in [6.45, 7) is -0.899. The van der Waals surface area contributed by atoms with Gasteiger partial charge in [0.05, 0.1) is 0 Å². The maximum atomic E-state index is 12.4. The van der Waals surface area contributed by atoms with Gasteiger partial charge in [-0.15, -0.1) is 11.3 Å². The molecule has 0 fully saturated rings. The van der Waals surface area contributed by atoms with E-state index in [1.807, 2.05) is 30.3 Å². The van der Waals surface area contributed by atoms with Gasteiger partial charge in [-0.05, 0) is 23.6 Å². The van der Waals surface area contributed by atoms with Gasteiger partial charge < -0.3 is 20.5 Å². The van der Waals surface area contributed by atoms with E-state index in [1.165, 1.54) is 17.4 Å². The summed E-state index contributed by atoms with van der Waals surface area (Å²) < 4.78 is 43.3. The Morgan fingerprint density at radius 2 is 1.87 bits per heavy atom. The van der Waals surface area contributed by atoms with Crippen molar-refractivity contribution in [2.75, 3.05) is 20.2 Å². The van der Waals surface area contributed by atoms with E-state index in [9.17, 15) is 18.3 Å². The standard InChI is InChI=1S/C21H22F3N3O2S/c1-25-20(26-11-15-7-2-4-8-17(15)29-13-21(22,23)24)27-12-16(28)19-10-14-6-3-5-9-18(14)30-19/h2-10,16,28H,11-13H2,1H3,(H2,25,26,27). The van der Waals surface area contributed by atoms with Crippen molar-refractivity contribution in [2.45, 2.75) is 18.8 Å². The number of aliphatic imine (C=N–C) groups is 1. The molecule has 0 aliphatic heterocycles. The molecule has 160 valence electrons. The second kappa shape index (κ2) is 9.82. The highest BCUT2D eigenvalue weighted by atomic mass is 32.1. The number of aliphatic hydroxyl groups excluding tert-OH is 1. The normalized spacial score (nSPS) is 13.3. The van der Waals surface area contributed by atoms with Gasteiger partial charge in [-0.2, -0.15) is 13.2 Å². The minimum Gasteiger partial charge on any atom is -0.484 e. The van der Waals surface area contributed by atoms with Crippen LogP contribution in [0.25, 0.3) is 10.1 Å². The fourth-order valence-corrected chi connectivity index (χ4v) is 3.86. The molecule has 3 rings (SSSR count). The summed E-state index contributed by atoms with van der Waals surface area (Å²) in [5.41, 5.74) is 0.565. The highest BCUT2D eigenvalue weighted by Gasteiger charge is 2.28. The molecule has 0 amide bonds. The van der Waals surface area contributed by atoms with Gasteiger partial charge in [-0.1, -0.05) is 36.4 Å². The molecular formula is C21H22F3N3O2S. The van der Waals surface area contributed by atoms with Crippen LogP contribution < -0.4 is 15.4 Å². The number of ether oxygens (including phenoxy) is 1. The van der Waals surface area contributed by atoms with E-state index >= 15 is 0 Å². The number of alkyl halides is 3. The summed E-state index contributed by atoms with van der Waals surface area (Å²) in [4.78, 5) is 4.93. The predicted octanol–water partition coefficient (Wildman–Crippen LogP) is 4.24. The molecule has 0 aliphatic rings. The molecule has 9 heteroatoms. The van der Waals surface area contributed by atoms with Gasteiger partial charge in [0.25, 0.3) is 0 Å². The highest BCUT2D eigenvalue weighted by molar-refractivity contribution is 7.19. The molecule has 5 nitrogen and oxygen atoms in total. The Morgan fingerprint density at radius 3 is 2.60 bits per heavy atom. The lowest BCUT2D eigenvalue weighted by Gasteiger charge is -2.16. The molecule has 3 aromatic rings. The van der Waals surface area contributed by atoms with E-state index in [1.54, 1.807) is 25.2 Å². The molecule has 30 heavy (non-hydrogen) atoms. The minimum absolute atomic E-state index is 0.156. The van der Waals surface area contributed by atoms with Crippen LogP contribution in [-0.2, 0) is 6.54 Å². The predicted molar refractivity (Wildman–Crippen MR) is 113 cm³/mol. The number of halogens is 3. The van der Waals surface area contributed by atoms with Crippen LogP contribution in [0.5, 0.6) is 5.75 Å². The van der Waals surface area contributed by atoms with Crippen molar-refractivity contribution >= 4 is 27.4 Å². The second-order valence-corrected chi connectivity index (χ2v) is 7.64. The van der Waals surface area contributed by atoms with Crippen molar-refractivity contribution < 1.29 is 23.0 Å². The maximum Gasteiger partial charge on any atom is 0.422 e. The lowest BCUT2D eigenvalue weighted by molar-refractivity contribution is -0.153. The Hall–Kier alpha value is -2.78. The molecule has 1 heterocycles. The van der Waals surface area contributed by atoms with Crippen molar-refractivity contribution in [3.05, 3.63) is 65.0 Å². The molecule has 0 aliphatic carbocycles. The van der Waals surface area contributed by atoms with Gasteiger partial charge in [0.1, 0.15) is 11.9 Å². The van der Waals surface area contributed by atoms with Gasteiger partial charge in [0, 0.05) is 35.3 Å². The fourth-order valence-electron chi connectivity index (χ4n) is 2.81. The van der Waals surface area contributed by atoms with E-state index < -0.39 is 18.9 Å². The van der Waals surface area contributed by atoms with E-state index in [4.69, 9.17) is 4.74 Å². The minimum atomic E-state index is -4.40. The number of guanidine groups is 1. The Labute approximate surface area is 176 Å². The third-order valence-electron chi connectivity index (χ3n) is 4.27. The lowest BCUT2D eigenvalue weighted by atomic mass is 10.2. The van der Waals surface area contributed by atoms with E-state index in [0.717, 1.165) is 15.0 Å². The Balaban J connectivity index is 1.55. The number of benzene rings is 2. The summed E-state index contributed by atoms with van der Waals surface area (Å²) in [6, 6.07) is 16.4. The Kier molecular flexibility index (Phi) is 7.17. The van der Waals surface area contributed by atoms with E-state index in [-0.39, 0.29) is 18.8 Å². The number of aliphatic hydroxyl groups is 1. The first kappa shape index (κ1) is 21.9. The first-order chi connectivity index (χ1) is 14.4. The van der Waals surface area contributed by atoms with Crippen LogP contribution >= 0.6 is 11.3 Å². The van der Waals surface area contributed by atoms with Gasteiger partial charge in [-0.25, -0.2) is 0 Å². The largest absolute Gasteiger partial charge is 0.484 e. The molecule has 1 unspecified atom stereocenters. The summed E-state index contributed by atoms with van der Waals surface area (Å²) in [5.74, 6) is 0.573. The molecule has 1 atom stereocenters. The zero-order chi connectivity index (χ0) is 21.6. The fraction of sp³-hybridized carbons (Fsp3) is 0.286. The van der Waals surface area contributed by atoms with Crippen molar-refractivity contribution in [3.63, 3.8) is 0 Å². The zero-order valence-electron chi connectivity index (χ0n) is 16.2. The van der Waals surface area contributed by atoms with Crippen molar-refractivity contribution in [3.8, 4) is 5.75 Å². The van der Waals surface area contributed by atoms with Gasteiger partial charge in [0.15, 0.2) is 12.6 Å². The zero-order valence-corrected chi connectivity index (χ0v) is 17.1. The molecule has 0 saturated heterocycles. The first-order valence-electron chi connectivity index (χ1n) is 9.24. The number of para-hydroxylation sites is 1. The quantitative estimate of drug-likeness (QED) is 0.382. The molecule has 0 bridgehead atoms. The van der Waals surface area contributed by atoms with Crippen LogP contribution in [0.3, 0.4) is 0 Å². The van der Waals surface area contributed by atoms with Crippen LogP contribution in [0.15, 0.2) is 59.6 Å². The lowest BCUT2D eigenvalue weighted by Crippen LogP contribution is -2.39. The van der Waals surface area contributed by atoms with E-state index in [2.05, 4.69) is 15.6 Å². The number of thiophene rings is 1. The number of rotatable bonds is 7. The third kappa shape index (κ3) is 6.11. The molecule has 3 N–H and O–H groups in total. The maximum absolute atomic E-state index is 12.4. The Morgan fingerprint density at radius 1 is 1.13 bits per heavy atom. The smallest absolute Gasteiger partial charge is 0.422 e. The SMILES string of the molecule is CN=C(NCc1ccccc1OCC(F)(F)F)NCC(O)c1cc2ccccc2s1. The molecular weight excluding hydrogens is 415 g/mol. The average molecular weight is 437 g/mol. The molecule has 2 aromatic carbocycles.